The third-order valence-electron chi connectivity index (χ3n) is 3.66. The molecule has 0 aliphatic heterocycles. The first-order chi connectivity index (χ1) is 11.0. The maximum absolute atomic E-state index is 11.0. The van der Waals surface area contributed by atoms with Crippen molar-refractivity contribution in [2.45, 2.75) is 26.0 Å². The van der Waals surface area contributed by atoms with Crippen molar-refractivity contribution < 1.29 is 19.4 Å². The van der Waals surface area contributed by atoms with Crippen LogP contribution in [-0.2, 0) is 17.8 Å². The Labute approximate surface area is 135 Å². The quantitative estimate of drug-likeness (QED) is 0.821. The monoisotopic (exact) mass is 315 g/mol. The zero-order chi connectivity index (χ0) is 16.8. The number of methoxy groups -OCH3 is 1. The molecule has 0 saturated heterocycles. The number of rotatable bonds is 7. The first-order valence-corrected chi connectivity index (χ1v) is 7.42. The highest BCUT2D eigenvalue weighted by Crippen LogP contribution is 2.24. The van der Waals surface area contributed by atoms with Crippen molar-refractivity contribution in [1.29, 1.82) is 0 Å². The number of benzene rings is 2. The van der Waals surface area contributed by atoms with Gasteiger partial charge in [0, 0.05) is 5.56 Å². The Morgan fingerprint density at radius 3 is 2.48 bits per heavy atom. The predicted molar refractivity (Wildman–Crippen MR) is 87.7 cm³/mol. The highest BCUT2D eigenvalue weighted by atomic mass is 16.5. The SMILES string of the molecule is CCc1ccc(OCc2cc([C@H](N)C(=O)O)ccc2OC)cc1. The Hall–Kier alpha value is -2.53. The summed E-state index contributed by atoms with van der Waals surface area (Å²) in [4.78, 5) is 11.0. The van der Waals surface area contributed by atoms with E-state index >= 15 is 0 Å². The van der Waals surface area contributed by atoms with Gasteiger partial charge in [-0.2, -0.15) is 0 Å². The summed E-state index contributed by atoms with van der Waals surface area (Å²) in [5.41, 5.74) is 8.16. The van der Waals surface area contributed by atoms with Crippen LogP contribution in [0.3, 0.4) is 0 Å². The van der Waals surface area contributed by atoms with Crippen molar-refractivity contribution >= 4 is 5.97 Å². The molecule has 0 saturated carbocycles. The molecule has 0 amide bonds. The first kappa shape index (κ1) is 16.8. The van der Waals surface area contributed by atoms with E-state index < -0.39 is 12.0 Å². The third kappa shape index (κ3) is 4.23. The van der Waals surface area contributed by atoms with Crippen LogP contribution in [0, 0.1) is 0 Å². The Morgan fingerprint density at radius 1 is 1.22 bits per heavy atom. The van der Waals surface area contributed by atoms with E-state index in [0.717, 1.165) is 17.7 Å². The topological polar surface area (TPSA) is 81.8 Å². The molecule has 0 unspecified atom stereocenters. The van der Waals surface area contributed by atoms with Crippen LogP contribution in [0.1, 0.15) is 29.7 Å². The number of carboxylic acid groups (broad SMARTS) is 1. The van der Waals surface area contributed by atoms with Gasteiger partial charge in [0.05, 0.1) is 7.11 Å². The predicted octanol–water partition coefficient (Wildman–Crippen LogP) is 2.92. The van der Waals surface area contributed by atoms with Crippen LogP contribution < -0.4 is 15.2 Å². The number of carbonyl (C=O) groups is 1. The molecular formula is C18H21NO4. The van der Waals surface area contributed by atoms with Gasteiger partial charge >= 0.3 is 5.97 Å². The normalized spacial score (nSPS) is 11.8. The second kappa shape index (κ2) is 7.65. The van der Waals surface area contributed by atoms with Gasteiger partial charge in [-0.3, -0.25) is 4.79 Å². The number of aryl methyl sites for hydroxylation is 1. The molecule has 0 heterocycles. The van der Waals surface area contributed by atoms with E-state index in [-0.39, 0.29) is 6.61 Å². The van der Waals surface area contributed by atoms with Crippen LogP contribution in [0.4, 0.5) is 0 Å². The lowest BCUT2D eigenvalue weighted by molar-refractivity contribution is -0.138. The van der Waals surface area contributed by atoms with Crippen LogP contribution in [-0.4, -0.2) is 18.2 Å². The molecule has 5 heteroatoms. The molecule has 0 spiro atoms. The maximum atomic E-state index is 11.0. The summed E-state index contributed by atoms with van der Waals surface area (Å²) < 4.78 is 11.1. The first-order valence-electron chi connectivity index (χ1n) is 7.42. The summed E-state index contributed by atoms with van der Waals surface area (Å²) in [7, 11) is 1.56. The molecule has 0 fully saturated rings. The van der Waals surface area contributed by atoms with Crippen molar-refractivity contribution in [2.75, 3.05) is 7.11 Å². The third-order valence-corrected chi connectivity index (χ3v) is 3.66. The van der Waals surface area contributed by atoms with Gasteiger partial charge in [0.1, 0.15) is 24.1 Å². The van der Waals surface area contributed by atoms with E-state index in [1.165, 1.54) is 5.56 Å². The molecule has 1 atom stereocenters. The zero-order valence-corrected chi connectivity index (χ0v) is 13.3. The smallest absolute Gasteiger partial charge is 0.325 e. The summed E-state index contributed by atoms with van der Waals surface area (Å²) in [5.74, 6) is 0.311. The largest absolute Gasteiger partial charge is 0.496 e. The van der Waals surface area contributed by atoms with Crippen LogP contribution in [0.5, 0.6) is 11.5 Å². The minimum Gasteiger partial charge on any atom is -0.496 e. The number of hydrogen-bond acceptors (Lipinski definition) is 4. The highest BCUT2D eigenvalue weighted by Gasteiger charge is 2.16. The van der Waals surface area contributed by atoms with Crippen LogP contribution in [0.25, 0.3) is 0 Å². The molecule has 0 radical (unpaired) electrons. The number of aliphatic carboxylic acids is 1. The average molecular weight is 315 g/mol. The Balaban J connectivity index is 2.16. The molecule has 2 aromatic rings. The molecule has 0 aliphatic rings. The van der Waals surface area contributed by atoms with Gasteiger partial charge in [0.2, 0.25) is 0 Å². The van der Waals surface area contributed by atoms with Crippen molar-refractivity contribution in [3.63, 3.8) is 0 Å². The van der Waals surface area contributed by atoms with Crippen molar-refractivity contribution in [3.05, 3.63) is 59.2 Å². The van der Waals surface area contributed by atoms with Crippen LogP contribution >= 0.6 is 0 Å². The second-order valence-electron chi connectivity index (χ2n) is 5.17. The van der Waals surface area contributed by atoms with Gasteiger partial charge in [-0.05, 0) is 41.8 Å². The van der Waals surface area contributed by atoms with Gasteiger partial charge in [-0.1, -0.05) is 25.1 Å². The van der Waals surface area contributed by atoms with Gasteiger partial charge in [0.15, 0.2) is 0 Å². The average Bonchev–Trinajstić information content (AvgIpc) is 2.59. The van der Waals surface area contributed by atoms with E-state index in [1.807, 2.05) is 24.3 Å². The Bertz CT molecular complexity index is 667. The fourth-order valence-electron chi connectivity index (χ4n) is 2.23. The lowest BCUT2D eigenvalue weighted by atomic mass is 10.0. The molecule has 23 heavy (non-hydrogen) atoms. The molecule has 2 aromatic carbocycles. The maximum Gasteiger partial charge on any atom is 0.325 e. The van der Waals surface area contributed by atoms with Crippen LogP contribution in [0.15, 0.2) is 42.5 Å². The van der Waals surface area contributed by atoms with E-state index in [0.29, 0.717) is 11.3 Å². The summed E-state index contributed by atoms with van der Waals surface area (Å²) in [6, 6.07) is 11.9. The standard InChI is InChI=1S/C18H21NO4/c1-3-12-4-7-15(8-5-12)23-11-14-10-13(17(19)18(20)21)6-9-16(14)22-2/h4-10,17H,3,11,19H2,1-2H3,(H,20,21)/t17-/m0/s1. The lowest BCUT2D eigenvalue weighted by Gasteiger charge is -2.14. The molecule has 122 valence electrons. The van der Waals surface area contributed by atoms with E-state index in [9.17, 15) is 4.79 Å². The zero-order valence-electron chi connectivity index (χ0n) is 13.3. The van der Waals surface area contributed by atoms with Crippen molar-refractivity contribution in [1.82, 2.24) is 0 Å². The van der Waals surface area contributed by atoms with Crippen LogP contribution in [0.2, 0.25) is 0 Å². The van der Waals surface area contributed by atoms with Gasteiger partial charge in [0.25, 0.3) is 0 Å². The van der Waals surface area contributed by atoms with E-state index in [2.05, 4.69) is 6.92 Å². The minimum atomic E-state index is -1.07. The summed E-state index contributed by atoms with van der Waals surface area (Å²) in [5, 5.41) is 9.02. The highest BCUT2D eigenvalue weighted by molar-refractivity contribution is 5.75. The fourth-order valence-corrected chi connectivity index (χ4v) is 2.23. The number of carboxylic acids is 1. The number of nitrogens with two attached hydrogens (primary N) is 1. The summed E-state index contributed by atoms with van der Waals surface area (Å²) in [6.45, 7) is 2.37. The van der Waals surface area contributed by atoms with Crippen molar-refractivity contribution in [3.8, 4) is 11.5 Å². The van der Waals surface area contributed by atoms with Gasteiger partial charge in [-0.15, -0.1) is 0 Å². The summed E-state index contributed by atoms with van der Waals surface area (Å²) >= 11 is 0. The van der Waals surface area contributed by atoms with E-state index in [4.69, 9.17) is 20.3 Å². The molecule has 0 aliphatic carbocycles. The molecule has 5 nitrogen and oxygen atoms in total. The molecule has 0 bridgehead atoms. The van der Waals surface area contributed by atoms with E-state index in [1.54, 1.807) is 25.3 Å². The van der Waals surface area contributed by atoms with Gasteiger partial charge in [-0.25, -0.2) is 0 Å². The molecule has 3 N–H and O–H groups in total. The number of ether oxygens (including phenoxy) is 2. The Morgan fingerprint density at radius 2 is 1.91 bits per heavy atom. The Kier molecular flexibility index (Phi) is 5.60. The summed E-state index contributed by atoms with van der Waals surface area (Å²) in [6.07, 6.45) is 0.975. The number of hydrogen-bond donors (Lipinski definition) is 2. The molecule has 0 aromatic heterocycles. The second-order valence-corrected chi connectivity index (χ2v) is 5.17. The fraction of sp³-hybridized carbons (Fsp3) is 0.278. The molecule has 2 rings (SSSR count). The molecular weight excluding hydrogens is 294 g/mol. The minimum absolute atomic E-state index is 0.273. The van der Waals surface area contributed by atoms with Crippen molar-refractivity contribution in [2.24, 2.45) is 5.73 Å². The van der Waals surface area contributed by atoms with Gasteiger partial charge < -0.3 is 20.3 Å². The lowest BCUT2D eigenvalue weighted by Crippen LogP contribution is -2.20.